The Morgan fingerprint density at radius 3 is 2.52 bits per heavy atom. The van der Waals surface area contributed by atoms with Crippen molar-refractivity contribution in [2.75, 3.05) is 14.1 Å². The van der Waals surface area contributed by atoms with E-state index in [2.05, 4.69) is 10.3 Å². The van der Waals surface area contributed by atoms with Crippen molar-refractivity contribution in [1.29, 1.82) is 0 Å². The molecular weight excluding hydrogens is 394 g/mol. The molecule has 1 aromatic carbocycles. The highest BCUT2D eigenvalue weighted by atomic mass is 32.2. The summed E-state index contributed by atoms with van der Waals surface area (Å²) in [5, 5.41) is 2.83. The predicted molar refractivity (Wildman–Crippen MR) is 107 cm³/mol. The number of nitrogens with one attached hydrogen (secondary N) is 1. The molecule has 0 unspecified atom stereocenters. The first-order chi connectivity index (χ1) is 13.7. The van der Waals surface area contributed by atoms with Crippen LogP contribution in [0.3, 0.4) is 0 Å². The number of carbonyl (C=O) groups excluding carboxylic acids is 2. The van der Waals surface area contributed by atoms with Crippen LogP contribution in [-0.2, 0) is 27.9 Å². The highest BCUT2D eigenvalue weighted by molar-refractivity contribution is 7.89. The third-order valence-corrected chi connectivity index (χ3v) is 7.59. The van der Waals surface area contributed by atoms with Gasteiger partial charge in [0.2, 0.25) is 10.0 Å². The molecule has 10 heteroatoms. The molecule has 2 aromatic rings. The van der Waals surface area contributed by atoms with Crippen LogP contribution in [0.5, 0.6) is 0 Å². The lowest BCUT2D eigenvalue weighted by atomic mass is 9.77. The Morgan fingerprint density at radius 1 is 1.24 bits per heavy atom. The lowest BCUT2D eigenvalue weighted by Gasteiger charge is -2.34. The van der Waals surface area contributed by atoms with E-state index < -0.39 is 15.6 Å². The lowest BCUT2D eigenvalue weighted by molar-refractivity contribution is -0.134. The summed E-state index contributed by atoms with van der Waals surface area (Å²) in [5.74, 6) is 0.376. The summed E-state index contributed by atoms with van der Waals surface area (Å²) < 4.78 is 28.0. The van der Waals surface area contributed by atoms with Gasteiger partial charge in [-0.1, -0.05) is 6.92 Å². The Kier molecular flexibility index (Phi) is 4.66. The van der Waals surface area contributed by atoms with Gasteiger partial charge in [0.1, 0.15) is 11.4 Å². The first-order valence-electron chi connectivity index (χ1n) is 9.75. The number of hydrogen-bond donors (Lipinski definition) is 1. The van der Waals surface area contributed by atoms with Crippen molar-refractivity contribution in [2.45, 2.75) is 56.1 Å². The second-order valence-electron chi connectivity index (χ2n) is 7.87. The number of aromatic nitrogens is 2. The molecule has 1 spiro atoms. The number of nitrogens with zero attached hydrogens (tertiary/aromatic N) is 4. The van der Waals surface area contributed by atoms with Crippen molar-refractivity contribution in [1.82, 2.24) is 24.1 Å². The fourth-order valence-corrected chi connectivity index (χ4v) is 4.88. The molecule has 156 valence electrons. The van der Waals surface area contributed by atoms with Crippen LogP contribution in [0.4, 0.5) is 4.79 Å². The zero-order chi connectivity index (χ0) is 21.0. The van der Waals surface area contributed by atoms with Crippen molar-refractivity contribution >= 4 is 33.0 Å². The van der Waals surface area contributed by atoms with Crippen LogP contribution in [0.25, 0.3) is 11.0 Å². The number of sulfonamides is 1. The number of imidazole rings is 1. The summed E-state index contributed by atoms with van der Waals surface area (Å²) in [5.41, 5.74) is 0.581. The largest absolute Gasteiger partial charge is 0.326 e. The lowest BCUT2D eigenvalue weighted by Crippen LogP contribution is -2.52. The molecule has 2 heterocycles. The van der Waals surface area contributed by atoms with Crippen molar-refractivity contribution < 1.29 is 18.0 Å². The Bertz CT molecular complexity index is 1100. The standard InChI is InChI=1S/C19H25N5O4S/c1-4-10-23-15-7-6-13(29(27,28)22(2)3)11-14(15)20-16(23)12-24-17(25)19(8-5-9-19)21-18(24)26/h6-7,11H,4-5,8-10,12H2,1-3H3,(H,21,26). The fraction of sp³-hybridized carbons (Fsp3) is 0.526. The third kappa shape index (κ3) is 3.01. The molecule has 3 amide bonds. The molecule has 0 atom stereocenters. The molecule has 1 saturated carbocycles. The van der Waals surface area contributed by atoms with E-state index in [1.54, 1.807) is 18.2 Å². The topological polar surface area (TPSA) is 105 Å². The van der Waals surface area contributed by atoms with Crippen molar-refractivity contribution in [3.05, 3.63) is 24.0 Å². The molecule has 2 aliphatic rings. The van der Waals surface area contributed by atoms with E-state index in [9.17, 15) is 18.0 Å². The molecule has 1 aliphatic carbocycles. The van der Waals surface area contributed by atoms with Crippen molar-refractivity contribution in [3.8, 4) is 0 Å². The van der Waals surface area contributed by atoms with Crippen LogP contribution in [0.15, 0.2) is 23.1 Å². The summed E-state index contributed by atoms with van der Waals surface area (Å²) in [6, 6.07) is 4.45. The number of amides is 3. The van der Waals surface area contributed by atoms with E-state index in [4.69, 9.17) is 0 Å². The molecule has 1 aromatic heterocycles. The van der Waals surface area contributed by atoms with Gasteiger partial charge < -0.3 is 9.88 Å². The van der Waals surface area contributed by atoms with Crippen LogP contribution < -0.4 is 5.32 Å². The fourth-order valence-electron chi connectivity index (χ4n) is 3.96. The minimum Gasteiger partial charge on any atom is -0.326 e. The number of hydrogen-bond acceptors (Lipinski definition) is 5. The molecule has 0 radical (unpaired) electrons. The number of urea groups is 1. The van der Waals surface area contributed by atoms with E-state index in [1.165, 1.54) is 19.0 Å². The predicted octanol–water partition coefficient (Wildman–Crippen LogP) is 1.67. The molecule has 0 bridgehead atoms. The minimum absolute atomic E-state index is 0.0663. The zero-order valence-corrected chi connectivity index (χ0v) is 17.6. The molecule has 29 heavy (non-hydrogen) atoms. The normalized spacial score (nSPS) is 18.7. The highest BCUT2D eigenvalue weighted by Crippen LogP contribution is 2.37. The molecule has 2 fully saturated rings. The van der Waals surface area contributed by atoms with Crippen LogP contribution in [-0.4, -0.2) is 58.7 Å². The number of benzene rings is 1. The summed E-state index contributed by atoms with van der Waals surface area (Å²) in [7, 11) is -0.619. The van der Waals surface area contributed by atoms with Gasteiger partial charge in [0.05, 0.1) is 22.5 Å². The van der Waals surface area contributed by atoms with Gasteiger partial charge in [-0.15, -0.1) is 0 Å². The molecule has 1 aliphatic heterocycles. The van der Waals surface area contributed by atoms with Crippen LogP contribution in [0.1, 0.15) is 38.4 Å². The van der Waals surface area contributed by atoms with Gasteiger partial charge in [-0.2, -0.15) is 0 Å². The maximum absolute atomic E-state index is 12.8. The Morgan fingerprint density at radius 2 is 1.97 bits per heavy atom. The van der Waals surface area contributed by atoms with Crippen LogP contribution in [0.2, 0.25) is 0 Å². The summed E-state index contributed by atoms with van der Waals surface area (Å²) >= 11 is 0. The highest BCUT2D eigenvalue weighted by Gasteiger charge is 2.54. The number of fused-ring (bicyclic) bond motifs is 1. The summed E-state index contributed by atoms with van der Waals surface area (Å²) in [6.45, 7) is 2.74. The average Bonchev–Trinajstić information content (AvgIpc) is 3.11. The quantitative estimate of drug-likeness (QED) is 0.717. The van der Waals surface area contributed by atoms with Gasteiger partial charge in [0.25, 0.3) is 5.91 Å². The van der Waals surface area contributed by atoms with Gasteiger partial charge in [-0.3, -0.25) is 9.69 Å². The van der Waals surface area contributed by atoms with Gasteiger partial charge in [0.15, 0.2) is 0 Å². The van der Waals surface area contributed by atoms with Crippen molar-refractivity contribution in [2.24, 2.45) is 0 Å². The number of carbonyl (C=O) groups is 2. The maximum Gasteiger partial charge on any atom is 0.325 e. The first-order valence-corrected chi connectivity index (χ1v) is 11.2. The van der Waals surface area contributed by atoms with Crippen molar-refractivity contribution in [3.63, 3.8) is 0 Å². The monoisotopic (exact) mass is 419 g/mol. The second-order valence-corrected chi connectivity index (χ2v) is 10.0. The van der Waals surface area contributed by atoms with E-state index in [0.717, 1.165) is 22.7 Å². The van der Waals surface area contributed by atoms with Gasteiger partial charge in [-0.25, -0.2) is 22.5 Å². The average molecular weight is 420 g/mol. The number of imide groups is 1. The number of rotatable bonds is 6. The Hall–Kier alpha value is -2.46. The van der Waals surface area contributed by atoms with E-state index in [0.29, 0.717) is 30.7 Å². The molecule has 1 saturated heterocycles. The first kappa shape index (κ1) is 19.8. The molecular formula is C19H25N5O4S. The third-order valence-electron chi connectivity index (χ3n) is 5.78. The number of aryl methyl sites for hydroxylation is 1. The molecule has 9 nitrogen and oxygen atoms in total. The maximum atomic E-state index is 12.8. The zero-order valence-electron chi connectivity index (χ0n) is 16.8. The Labute approximate surface area is 169 Å². The molecule has 1 N–H and O–H groups in total. The summed E-state index contributed by atoms with van der Waals surface area (Å²) in [6.07, 6.45) is 3.11. The van der Waals surface area contributed by atoms with E-state index in [1.807, 2.05) is 11.5 Å². The van der Waals surface area contributed by atoms with Gasteiger partial charge in [0, 0.05) is 20.6 Å². The van der Waals surface area contributed by atoms with E-state index >= 15 is 0 Å². The SMILES string of the molecule is CCCn1c(CN2C(=O)NC3(CCC3)C2=O)nc2cc(S(=O)(=O)N(C)C)ccc21. The van der Waals surface area contributed by atoms with Crippen LogP contribution in [0, 0.1) is 0 Å². The molecule has 4 rings (SSSR count). The minimum atomic E-state index is -3.58. The second kappa shape index (κ2) is 6.81. The van der Waals surface area contributed by atoms with Gasteiger partial charge >= 0.3 is 6.03 Å². The van der Waals surface area contributed by atoms with E-state index in [-0.39, 0.29) is 23.4 Å². The Balaban J connectivity index is 1.73. The van der Waals surface area contributed by atoms with Crippen LogP contribution >= 0.6 is 0 Å². The smallest absolute Gasteiger partial charge is 0.325 e. The summed E-state index contributed by atoms with van der Waals surface area (Å²) in [4.78, 5) is 31.2. The van der Waals surface area contributed by atoms with Gasteiger partial charge in [-0.05, 0) is 43.9 Å².